The van der Waals surface area contributed by atoms with Crippen molar-refractivity contribution in [3.05, 3.63) is 118 Å². The first kappa shape index (κ1) is 26.0. The quantitative estimate of drug-likeness (QED) is 0.465. The van der Waals surface area contributed by atoms with E-state index in [4.69, 9.17) is 19.9 Å². The van der Waals surface area contributed by atoms with Crippen molar-refractivity contribution in [2.75, 3.05) is 19.1 Å². The predicted octanol–water partition coefficient (Wildman–Crippen LogP) is 4.30. The third-order valence-corrected chi connectivity index (χ3v) is 6.02. The Morgan fingerprint density at radius 3 is 2.16 bits per heavy atom. The normalized spacial score (nSPS) is 15.1. The molecule has 1 atom stereocenters. The third-order valence-electron chi connectivity index (χ3n) is 6.02. The van der Waals surface area contributed by atoms with Gasteiger partial charge in [-0.1, -0.05) is 42.5 Å². The lowest BCUT2D eigenvalue weighted by Crippen LogP contribution is -2.40. The molecule has 1 unspecified atom stereocenters. The molecule has 0 saturated heterocycles. The number of methoxy groups -OCH3 is 2. The minimum absolute atomic E-state index is 0.0330. The minimum Gasteiger partial charge on any atom is -0.489 e. The SMILES string of the molecule is COC(=O)C1=C(C(=O)OC)N(c2ccc(OCc3ccc(F)cc3)cc2)C(N)=C(C#N)C1c1ccccc1. The van der Waals surface area contributed by atoms with Gasteiger partial charge in [-0.2, -0.15) is 5.26 Å². The minimum atomic E-state index is -0.947. The van der Waals surface area contributed by atoms with Gasteiger partial charge in [0, 0.05) is 5.69 Å². The van der Waals surface area contributed by atoms with Crippen LogP contribution in [-0.4, -0.2) is 26.2 Å². The van der Waals surface area contributed by atoms with Gasteiger partial charge in [0.2, 0.25) is 0 Å². The first-order valence-corrected chi connectivity index (χ1v) is 11.5. The van der Waals surface area contributed by atoms with Crippen molar-refractivity contribution in [3.63, 3.8) is 0 Å². The molecule has 4 rings (SSSR count). The molecule has 8 nitrogen and oxygen atoms in total. The van der Waals surface area contributed by atoms with E-state index in [9.17, 15) is 19.2 Å². The van der Waals surface area contributed by atoms with Crippen LogP contribution in [0.1, 0.15) is 17.0 Å². The van der Waals surface area contributed by atoms with Crippen molar-refractivity contribution in [3.8, 4) is 11.8 Å². The number of carbonyl (C=O) groups is 2. The molecule has 0 aromatic heterocycles. The van der Waals surface area contributed by atoms with E-state index in [1.165, 1.54) is 31.3 Å². The first-order valence-electron chi connectivity index (χ1n) is 11.5. The Kier molecular flexibility index (Phi) is 7.73. The van der Waals surface area contributed by atoms with Crippen molar-refractivity contribution < 1.29 is 28.2 Å². The van der Waals surface area contributed by atoms with Crippen molar-refractivity contribution in [2.45, 2.75) is 12.5 Å². The molecule has 1 aliphatic heterocycles. The molecule has 1 heterocycles. The number of carbonyl (C=O) groups excluding carboxylic acids is 2. The van der Waals surface area contributed by atoms with Crippen LogP contribution in [0, 0.1) is 17.1 Å². The monoisotopic (exact) mass is 513 g/mol. The molecule has 0 amide bonds. The van der Waals surface area contributed by atoms with Gasteiger partial charge >= 0.3 is 11.9 Å². The molecule has 0 radical (unpaired) electrons. The van der Waals surface area contributed by atoms with Gasteiger partial charge < -0.3 is 19.9 Å². The van der Waals surface area contributed by atoms with E-state index in [1.807, 2.05) is 0 Å². The molecule has 0 fully saturated rings. The second kappa shape index (κ2) is 11.3. The van der Waals surface area contributed by atoms with Crippen molar-refractivity contribution in [1.29, 1.82) is 5.26 Å². The number of benzene rings is 3. The summed E-state index contributed by atoms with van der Waals surface area (Å²) in [5.74, 6) is -2.45. The second-order valence-electron chi connectivity index (χ2n) is 8.24. The summed E-state index contributed by atoms with van der Waals surface area (Å²) in [6.45, 7) is 0.211. The van der Waals surface area contributed by atoms with Crippen LogP contribution in [0.25, 0.3) is 0 Å². The number of esters is 2. The van der Waals surface area contributed by atoms with Crippen LogP contribution in [0.5, 0.6) is 5.75 Å². The molecule has 3 aromatic carbocycles. The molecule has 2 N–H and O–H groups in total. The lowest BCUT2D eigenvalue weighted by Gasteiger charge is -2.35. The zero-order valence-electron chi connectivity index (χ0n) is 20.7. The predicted molar refractivity (Wildman–Crippen MR) is 137 cm³/mol. The zero-order valence-corrected chi connectivity index (χ0v) is 20.7. The Labute approximate surface area is 218 Å². The highest BCUT2D eigenvalue weighted by Crippen LogP contribution is 2.43. The van der Waals surface area contributed by atoms with Crippen molar-refractivity contribution >= 4 is 17.6 Å². The highest BCUT2D eigenvalue weighted by Gasteiger charge is 2.42. The maximum atomic E-state index is 13.1. The van der Waals surface area contributed by atoms with Crippen molar-refractivity contribution in [2.24, 2.45) is 5.73 Å². The Hall–Kier alpha value is -5.10. The van der Waals surface area contributed by atoms with Gasteiger partial charge in [-0.25, -0.2) is 14.0 Å². The highest BCUT2D eigenvalue weighted by molar-refractivity contribution is 6.06. The van der Waals surface area contributed by atoms with Crippen LogP contribution in [0.4, 0.5) is 10.1 Å². The lowest BCUT2D eigenvalue weighted by atomic mass is 9.81. The van der Waals surface area contributed by atoms with Crippen LogP contribution in [-0.2, 0) is 25.7 Å². The number of allylic oxidation sites excluding steroid dienone is 1. The van der Waals surface area contributed by atoms with E-state index in [0.29, 0.717) is 17.0 Å². The summed E-state index contributed by atoms with van der Waals surface area (Å²) < 4.78 is 29.0. The molecule has 3 aromatic rings. The Morgan fingerprint density at radius 1 is 0.947 bits per heavy atom. The van der Waals surface area contributed by atoms with Gasteiger partial charge in [0.05, 0.1) is 37.4 Å². The molecular weight excluding hydrogens is 489 g/mol. The molecule has 0 spiro atoms. The van der Waals surface area contributed by atoms with Gasteiger partial charge in [0.15, 0.2) is 0 Å². The second-order valence-corrected chi connectivity index (χ2v) is 8.24. The molecule has 38 heavy (non-hydrogen) atoms. The number of nitriles is 1. The highest BCUT2D eigenvalue weighted by atomic mass is 19.1. The third kappa shape index (κ3) is 5.06. The molecule has 9 heteroatoms. The number of hydrogen-bond donors (Lipinski definition) is 1. The zero-order chi connectivity index (χ0) is 27.2. The van der Waals surface area contributed by atoms with E-state index in [2.05, 4.69) is 6.07 Å². The summed E-state index contributed by atoms with van der Waals surface area (Å²) in [6, 6.07) is 23.4. The fourth-order valence-electron chi connectivity index (χ4n) is 4.22. The smallest absolute Gasteiger partial charge is 0.355 e. The lowest BCUT2D eigenvalue weighted by molar-refractivity contribution is -0.139. The van der Waals surface area contributed by atoms with Crippen LogP contribution in [0.2, 0.25) is 0 Å². The number of nitrogens with two attached hydrogens (primary N) is 1. The average Bonchev–Trinajstić information content (AvgIpc) is 2.96. The van der Waals surface area contributed by atoms with Crippen LogP contribution in [0.15, 0.2) is 102 Å². The van der Waals surface area contributed by atoms with Gasteiger partial charge in [0.1, 0.15) is 29.7 Å². The number of anilines is 1. The first-order chi connectivity index (χ1) is 18.4. The number of ether oxygens (including phenoxy) is 3. The van der Waals surface area contributed by atoms with E-state index in [-0.39, 0.29) is 35.1 Å². The molecule has 0 aliphatic carbocycles. The fraction of sp³-hybridized carbons (Fsp3) is 0.138. The largest absolute Gasteiger partial charge is 0.489 e. The molecule has 1 aliphatic rings. The van der Waals surface area contributed by atoms with Gasteiger partial charge in [-0.3, -0.25) is 4.90 Å². The number of nitrogens with zero attached hydrogens (tertiary/aromatic N) is 2. The Balaban J connectivity index is 1.78. The van der Waals surface area contributed by atoms with Crippen LogP contribution < -0.4 is 15.4 Å². The van der Waals surface area contributed by atoms with Crippen molar-refractivity contribution in [1.82, 2.24) is 0 Å². The summed E-state index contributed by atoms with van der Waals surface area (Å²) in [5.41, 5.74) is 8.07. The van der Waals surface area contributed by atoms with Crippen LogP contribution >= 0.6 is 0 Å². The number of hydrogen-bond acceptors (Lipinski definition) is 8. The molecule has 0 bridgehead atoms. The Morgan fingerprint density at radius 2 is 1.58 bits per heavy atom. The van der Waals surface area contributed by atoms with Gasteiger partial charge in [0.25, 0.3) is 0 Å². The summed E-state index contributed by atoms with van der Waals surface area (Å²) >= 11 is 0. The Bertz CT molecular complexity index is 1440. The number of halogens is 1. The van der Waals surface area contributed by atoms with E-state index < -0.39 is 17.9 Å². The van der Waals surface area contributed by atoms with E-state index in [1.54, 1.807) is 66.7 Å². The summed E-state index contributed by atoms with van der Waals surface area (Å²) in [6.07, 6.45) is 0. The topological polar surface area (TPSA) is 115 Å². The molecule has 0 saturated carbocycles. The summed E-state index contributed by atoms with van der Waals surface area (Å²) in [7, 11) is 2.38. The molecule has 192 valence electrons. The summed E-state index contributed by atoms with van der Waals surface area (Å²) in [4.78, 5) is 27.5. The fourth-order valence-corrected chi connectivity index (χ4v) is 4.22. The molecular formula is C29H24FN3O5. The number of rotatable bonds is 7. The van der Waals surface area contributed by atoms with Crippen LogP contribution in [0.3, 0.4) is 0 Å². The van der Waals surface area contributed by atoms with E-state index in [0.717, 1.165) is 5.56 Å². The average molecular weight is 514 g/mol. The van der Waals surface area contributed by atoms with Gasteiger partial charge in [-0.15, -0.1) is 0 Å². The standard InChI is InChI=1S/C29H24FN3O5/c1-36-28(34)25-24(19-6-4-3-5-7-19)23(16-31)27(32)33(26(25)29(35)37-2)21-12-14-22(15-13-21)38-17-18-8-10-20(30)11-9-18/h3-15,24H,17,32H2,1-2H3. The van der Waals surface area contributed by atoms with Gasteiger partial charge in [-0.05, 0) is 47.5 Å². The van der Waals surface area contributed by atoms with E-state index >= 15 is 0 Å². The summed E-state index contributed by atoms with van der Waals surface area (Å²) in [5, 5.41) is 10.1. The maximum Gasteiger partial charge on any atom is 0.355 e. The maximum absolute atomic E-state index is 13.1.